The molecule has 144 valence electrons. The van der Waals surface area contributed by atoms with E-state index >= 15 is 0 Å². The molecule has 1 saturated heterocycles. The van der Waals surface area contributed by atoms with Gasteiger partial charge >= 0.3 is 0 Å². The normalized spacial score (nSPS) is 16.3. The number of nitrogens with zero attached hydrogens (tertiary/aromatic N) is 1. The van der Waals surface area contributed by atoms with Gasteiger partial charge in [-0.3, -0.25) is 9.59 Å². The van der Waals surface area contributed by atoms with Gasteiger partial charge in [0.15, 0.2) is 0 Å². The fourth-order valence-electron chi connectivity index (χ4n) is 3.21. The molecule has 6 heteroatoms. The van der Waals surface area contributed by atoms with E-state index in [1.54, 1.807) is 17.9 Å². The average Bonchev–Trinajstić information content (AvgIpc) is 3.35. The molecule has 1 unspecified atom stereocenters. The highest BCUT2D eigenvalue weighted by molar-refractivity contribution is 5.95. The third kappa shape index (κ3) is 5.44. The second kappa shape index (κ2) is 9.37. The van der Waals surface area contributed by atoms with Crippen molar-refractivity contribution in [2.75, 3.05) is 19.7 Å². The molecule has 1 aliphatic rings. The summed E-state index contributed by atoms with van der Waals surface area (Å²) in [5.74, 6) is 0.395. The van der Waals surface area contributed by atoms with Crippen LogP contribution in [0.4, 0.5) is 0 Å². The van der Waals surface area contributed by atoms with Crippen molar-refractivity contribution in [3.05, 3.63) is 59.5 Å². The van der Waals surface area contributed by atoms with Crippen molar-refractivity contribution >= 4 is 11.8 Å². The molecule has 6 nitrogen and oxygen atoms in total. The quantitative estimate of drug-likeness (QED) is 0.776. The molecule has 0 saturated carbocycles. The number of benzene rings is 1. The zero-order chi connectivity index (χ0) is 19.1. The Morgan fingerprint density at radius 1 is 1.22 bits per heavy atom. The summed E-state index contributed by atoms with van der Waals surface area (Å²) < 4.78 is 10.9. The molecule has 1 aromatic heterocycles. The summed E-state index contributed by atoms with van der Waals surface area (Å²) in [5, 5.41) is 2.91. The molecule has 1 aliphatic heterocycles. The van der Waals surface area contributed by atoms with Crippen LogP contribution in [0.15, 0.2) is 47.1 Å². The molecule has 27 heavy (non-hydrogen) atoms. The lowest BCUT2D eigenvalue weighted by Crippen LogP contribution is -2.40. The first-order chi connectivity index (χ1) is 13.1. The molecule has 0 bridgehead atoms. The van der Waals surface area contributed by atoms with E-state index in [-0.39, 0.29) is 24.3 Å². The first-order valence-electron chi connectivity index (χ1n) is 9.39. The standard InChI is InChI=1S/C21H26N2O4/c1-16-19(10-13-26-16)21(25)23(15-18-8-5-12-27-18)11-9-20(24)22-14-17-6-3-2-4-7-17/h2-4,6-7,10,13,18H,5,8-9,11-12,14-15H2,1H3,(H,22,24). The van der Waals surface area contributed by atoms with E-state index in [4.69, 9.17) is 9.15 Å². The first kappa shape index (κ1) is 19.2. The number of rotatable bonds is 8. The lowest BCUT2D eigenvalue weighted by molar-refractivity contribution is -0.121. The molecule has 0 radical (unpaired) electrons. The Morgan fingerprint density at radius 2 is 2.04 bits per heavy atom. The van der Waals surface area contributed by atoms with E-state index in [1.165, 1.54) is 6.26 Å². The molecule has 1 fully saturated rings. The Labute approximate surface area is 159 Å². The van der Waals surface area contributed by atoms with Gasteiger partial charge in [-0.05, 0) is 31.4 Å². The van der Waals surface area contributed by atoms with Crippen LogP contribution in [0.1, 0.15) is 40.9 Å². The van der Waals surface area contributed by atoms with Crippen LogP contribution in [0.5, 0.6) is 0 Å². The van der Waals surface area contributed by atoms with Crippen molar-refractivity contribution in [2.24, 2.45) is 0 Å². The zero-order valence-corrected chi connectivity index (χ0v) is 15.6. The second-order valence-electron chi connectivity index (χ2n) is 6.79. The van der Waals surface area contributed by atoms with Crippen LogP contribution >= 0.6 is 0 Å². The zero-order valence-electron chi connectivity index (χ0n) is 15.6. The minimum atomic E-state index is -0.118. The van der Waals surface area contributed by atoms with Crippen molar-refractivity contribution < 1.29 is 18.7 Å². The Balaban J connectivity index is 1.56. The lowest BCUT2D eigenvalue weighted by Gasteiger charge is -2.25. The second-order valence-corrected chi connectivity index (χ2v) is 6.79. The van der Waals surface area contributed by atoms with Gasteiger partial charge in [-0.2, -0.15) is 0 Å². The van der Waals surface area contributed by atoms with Gasteiger partial charge < -0.3 is 19.4 Å². The van der Waals surface area contributed by atoms with Gasteiger partial charge in [0.05, 0.1) is 17.9 Å². The summed E-state index contributed by atoms with van der Waals surface area (Å²) in [6.07, 6.45) is 3.75. The third-order valence-corrected chi connectivity index (χ3v) is 4.77. The molecule has 2 amide bonds. The molecule has 0 spiro atoms. The molecule has 1 atom stereocenters. The monoisotopic (exact) mass is 370 g/mol. The van der Waals surface area contributed by atoms with Crippen molar-refractivity contribution in [1.29, 1.82) is 0 Å². The summed E-state index contributed by atoms with van der Waals surface area (Å²) in [7, 11) is 0. The summed E-state index contributed by atoms with van der Waals surface area (Å²) in [4.78, 5) is 26.8. The highest BCUT2D eigenvalue weighted by atomic mass is 16.5. The lowest BCUT2D eigenvalue weighted by atomic mass is 10.1. The van der Waals surface area contributed by atoms with E-state index in [0.717, 1.165) is 25.0 Å². The number of carbonyl (C=O) groups is 2. The van der Waals surface area contributed by atoms with Gasteiger partial charge in [-0.15, -0.1) is 0 Å². The molecule has 1 aromatic carbocycles. The number of amides is 2. The highest BCUT2D eigenvalue weighted by Crippen LogP contribution is 2.17. The average molecular weight is 370 g/mol. The minimum absolute atomic E-state index is 0.0357. The molecule has 2 heterocycles. The summed E-state index contributed by atoms with van der Waals surface area (Å²) in [6, 6.07) is 11.4. The highest BCUT2D eigenvalue weighted by Gasteiger charge is 2.25. The van der Waals surface area contributed by atoms with Crippen LogP contribution in [0.3, 0.4) is 0 Å². The van der Waals surface area contributed by atoms with Crippen LogP contribution in [0.25, 0.3) is 0 Å². The molecule has 0 aliphatic carbocycles. The van der Waals surface area contributed by atoms with E-state index in [9.17, 15) is 9.59 Å². The van der Waals surface area contributed by atoms with Crippen LogP contribution in [-0.2, 0) is 16.1 Å². The molecule has 2 aromatic rings. The van der Waals surface area contributed by atoms with Crippen LogP contribution in [0, 0.1) is 6.92 Å². The number of carbonyl (C=O) groups excluding carboxylic acids is 2. The smallest absolute Gasteiger partial charge is 0.257 e. The van der Waals surface area contributed by atoms with Gasteiger partial charge in [0.25, 0.3) is 5.91 Å². The van der Waals surface area contributed by atoms with Gasteiger partial charge in [-0.25, -0.2) is 0 Å². The van der Waals surface area contributed by atoms with Crippen molar-refractivity contribution in [3.63, 3.8) is 0 Å². The van der Waals surface area contributed by atoms with E-state index < -0.39 is 0 Å². The third-order valence-electron chi connectivity index (χ3n) is 4.77. The summed E-state index contributed by atoms with van der Waals surface area (Å²) in [6.45, 7) is 3.83. The van der Waals surface area contributed by atoms with Gasteiger partial charge in [0.1, 0.15) is 5.76 Å². The molecular weight excluding hydrogens is 344 g/mol. The maximum atomic E-state index is 12.9. The van der Waals surface area contributed by atoms with Crippen molar-refractivity contribution in [2.45, 2.75) is 38.8 Å². The van der Waals surface area contributed by atoms with Crippen molar-refractivity contribution in [1.82, 2.24) is 10.2 Å². The topological polar surface area (TPSA) is 71.8 Å². The maximum absolute atomic E-state index is 12.9. The number of hydrogen-bond donors (Lipinski definition) is 1. The predicted molar refractivity (Wildman–Crippen MR) is 101 cm³/mol. The summed E-state index contributed by atoms with van der Waals surface area (Å²) in [5.41, 5.74) is 1.59. The number of aryl methyl sites for hydroxylation is 1. The van der Waals surface area contributed by atoms with E-state index in [2.05, 4.69) is 5.32 Å². The Hall–Kier alpha value is -2.60. The van der Waals surface area contributed by atoms with E-state index in [1.807, 2.05) is 30.3 Å². The number of ether oxygens (including phenoxy) is 1. The number of hydrogen-bond acceptors (Lipinski definition) is 4. The van der Waals surface area contributed by atoms with Crippen LogP contribution in [-0.4, -0.2) is 42.5 Å². The maximum Gasteiger partial charge on any atom is 0.257 e. The van der Waals surface area contributed by atoms with Gasteiger partial charge in [0.2, 0.25) is 5.91 Å². The molecule has 1 N–H and O–H groups in total. The Morgan fingerprint density at radius 3 is 2.70 bits per heavy atom. The Kier molecular flexibility index (Phi) is 6.65. The minimum Gasteiger partial charge on any atom is -0.469 e. The number of nitrogens with one attached hydrogen (secondary N) is 1. The first-order valence-corrected chi connectivity index (χ1v) is 9.39. The fraction of sp³-hybridized carbons (Fsp3) is 0.429. The van der Waals surface area contributed by atoms with Crippen molar-refractivity contribution in [3.8, 4) is 0 Å². The van der Waals surface area contributed by atoms with E-state index in [0.29, 0.717) is 31.0 Å². The predicted octanol–water partition coefficient (Wildman–Crippen LogP) is 2.92. The SMILES string of the molecule is Cc1occc1C(=O)N(CCC(=O)NCc1ccccc1)CC1CCCO1. The molecule has 3 rings (SSSR count). The molecular formula is C21H26N2O4. The fourth-order valence-corrected chi connectivity index (χ4v) is 3.21. The summed E-state index contributed by atoms with van der Waals surface area (Å²) >= 11 is 0. The van der Waals surface area contributed by atoms with Crippen LogP contribution in [0.2, 0.25) is 0 Å². The van der Waals surface area contributed by atoms with Gasteiger partial charge in [0, 0.05) is 32.7 Å². The largest absolute Gasteiger partial charge is 0.469 e. The number of furan rings is 1. The van der Waals surface area contributed by atoms with Gasteiger partial charge in [-0.1, -0.05) is 30.3 Å². The van der Waals surface area contributed by atoms with Crippen LogP contribution < -0.4 is 5.32 Å². The Bertz CT molecular complexity index is 751.